The number of rotatable bonds is 4. The summed E-state index contributed by atoms with van der Waals surface area (Å²) in [5, 5.41) is 0. The van der Waals surface area contributed by atoms with Gasteiger partial charge < -0.3 is 4.90 Å². The molecule has 2 aromatic rings. The summed E-state index contributed by atoms with van der Waals surface area (Å²) in [5.74, 6) is 0. The zero-order valence-electron chi connectivity index (χ0n) is 16.7. The smallest absolute Gasteiger partial charge is 0.0691 e. The summed E-state index contributed by atoms with van der Waals surface area (Å²) in [6.45, 7) is 8.55. The van der Waals surface area contributed by atoms with Gasteiger partial charge in [0.15, 0.2) is 0 Å². The van der Waals surface area contributed by atoms with Crippen molar-refractivity contribution in [3.8, 4) is 0 Å². The highest BCUT2D eigenvalue weighted by atomic mass is 15.1. The monoisotopic (exact) mass is 344 g/mol. The van der Waals surface area contributed by atoms with Crippen molar-refractivity contribution >= 4 is 17.0 Å². The van der Waals surface area contributed by atoms with Crippen molar-refractivity contribution in [3.63, 3.8) is 0 Å². The lowest BCUT2D eigenvalue weighted by atomic mass is 9.95. The first-order valence-corrected chi connectivity index (χ1v) is 9.18. The summed E-state index contributed by atoms with van der Waals surface area (Å²) in [7, 11) is 4.21. The van der Waals surface area contributed by atoms with Crippen LogP contribution in [0.4, 0.5) is 5.69 Å². The maximum absolute atomic E-state index is 5.03. The first kappa shape index (κ1) is 18.2. The molecule has 0 spiro atoms. The molecule has 0 aliphatic heterocycles. The highest BCUT2D eigenvalue weighted by Gasteiger charge is 2.17. The number of hydrogen-bond acceptors (Lipinski definition) is 2. The van der Waals surface area contributed by atoms with Crippen LogP contribution >= 0.6 is 0 Å². The van der Waals surface area contributed by atoms with Gasteiger partial charge in [0.25, 0.3) is 0 Å². The molecule has 0 saturated heterocycles. The fourth-order valence-corrected chi connectivity index (χ4v) is 3.80. The molecule has 0 bridgehead atoms. The van der Waals surface area contributed by atoms with Gasteiger partial charge in [0.1, 0.15) is 0 Å². The quantitative estimate of drug-likeness (QED) is 0.622. The Labute approximate surface area is 157 Å². The molecule has 1 aliphatic rings. The SMILES string of the molecule is CC(=Nc1c(C)cc(C)cc1C)c1ccccc1C1=C(N(C)C)C=CC1. The van der Waals surface area contributed by atoms with Crippen LogP contribution in [-0.4, -0.2) is 24.7 Å². The van der Waals surface area contributed by atoms with Crippen LogP contribution in [-0.2, 0) is 0 Å². The molecule has 1 aliphatic carbocycles. The minimum atomic E-state index is 0.973. The van der Waals surface area contributed by atoms with E-state index in [0.717, 1.165) is 17.8 Å². The Balaban J connectivity index is 2.11. The molecule has 0 atom stereocenters. The highest BCUT2D eigenvalue weighted by molar-refractivity contribution is 6.05. The summed E-state index contributed by atoms with van der Waals surface area (Å²) in [6, 6.07) is 13.0. The van der Waals surface area contributed by atoms with Gasteiger partial charge in [-0.25, -0.2) is 0 Å². The van der Waals surface area contributed by atoms with Gasteiger partial charge in [0.2, 0.25) is 0 Å². The van der Waals surface area contributed by atoms with E-state index in [1.807, 2.05) is 0 Å². The second kappa shape index (κ2) is 7.33. The molecule has 134 valence electrons. The zero-order valence-corrected chi connectivity index (χ0v) is 16.7. The molecule has 0 aromatic heterocycles. The maximum Gasteiger partial charge on any atom is 0.0691 e. The van der Waals surface area contributed by atoms with Crippen LogP contribution in [0.25, 0.3) is 5.57 Å². The van der Waals surface area contributed by atoms with E-state index in [4.69, 9.17) is 4.99 Å². The van der Waals surface area contributed by atoms with Crippen LogP contribution in [0.2, 0.25) is 0 Å². The van der Waals surface area contributed by atoms with Gasteiger partial charge in [-0.05, 0) is 62.5 Å². The van der Waals surface area contributed by atoms with E-state index in [-0.39, 0.29) is 0 Å². The lowest BCUT2D eigenvalue weighted by Gasteiger charge is -2.18. The molecule has 0 heterocycles. The second-order valence-corrected chi connectivity index (χ2v) is 7.35. The number of aliphatic imine (C=N–C) groups is 1. The van der Waals surface area contributed by atoms with Crippen molar-refractivity contribution in [1.82, 2.24) is 4.90 Å². The lowest BCUT2D eigenvalue weighted by Crippen LogP contribution is -2.11. The van der Waals surface area contributed by atoms with Crippen molar-refractivity contribution in [2.45, 2.75) is 34.1 Å². The number of nitrogens with zero attached hydrogens (tertiary/aromatic N) is 2. The molecule has 2 nitrogen and oxygen atoms in total. The molecule has 0 radical (unpaired) electrons. The average molecular weight is 345 g/mol. The van der Waals surface area contributed by atoms with E-state index in [0.29, 0.717) is 0 Å². The first-order chi connectivity index (χ1) is 12.4. The molecule has 2 aromatic carbocycles. The number of aryl methyl sites for hydroxylation is 3. The average Bonchev–Trinajstić information content (AvgIpc) is 3.07. The first-order valence-electron chi connectivity index (χ1n) is 9.18. The fourth-order valence-electron chi connectivity index (χ4n) is 3.80. The molecule has 2 heteroatoms. The van der Waals surface area contributed by atoms with E-state index in [1.165, 1.54) is 39.1 Å². The number of allylic oxidation sites excluding steroid dienone is 3. The van der Waals surface area contributed by atoms with Crippen LogP contribution in [0.15, 0.2) is 59.2 Å². The summed E-state index contributed by atoms with van der Waals surface area (Å²) < 4.78 is 0. The molecular weight excluding hydrogens is 316 g/mol. The molecule has 3 rings (SSSR count). The Bertz CT molecular complexity index is 904. The van der Waals surface area contributed by atoms with Crippen molar-refractivity contribution in [3.05, 3.63) is 82.1 Å². The molecule has 26 heavy (non-hydrogen) atoms. The molecule has 0 saturated carbocycles. The molecule has 0 fully saturated rings. The van der Waals surface area contributed by atoms with Crippen LogP contribution in [0.3, 0.4) is 0 Å². The second-order valence-electron chi connectivity index (χ2n) is 7.35. The molecule has 0 unspecified atom stereocenters. The number of hydrogen-bond donors (Lipinski definition) is 0. The van der Waals surface area contributed by atoms with E-state index < -0.39 is 0 Å². The summed E-state index contributed by atoms with van der Waals surface area (Å²) in [4.78, 5) is 7.22. The maximum atomic E-state index is 5.03. The normalized spacial score (nSPS) is 14.3. The third-order valence-corrected chi connectivity index (χ3v) is 4.95. The topological polar surface area (TPSA) is 15.6 Å². The van der Waals surface area contributed by atoms with Gasteiger partial charge in [-0.15, -0.1) is 0 Å². The van der Waals surface area contributed by atoms with Gasteiger partial charge in [-0.1, -0.05) is 48.0 Å². The van der Waals surface area contributed by atoms with E-state index >= 15 is 0 Å². The van der Waals surface area contributed by atoms with Crippen LogP contribution < -0.4 is 0 Å². The van der Waals surface area contributed by atoms with Gasteiger partial charge in [0, 0.05) is 31.1 Å². The van der Waals surface area contributed by atoms with Gasteiger partial charge in [-0.3, -0.25) is 4.99 Å². The van der Waals surface area contributed by atoms with Gasteiger partial charge in [0.05, 0.1) is 5.69 Å². The predicted molar refractivity (Wildman–Crippen MR) is 113 cm³/mol. The predicted octanol–water partition coefficient (Wildman–Crippen LogP) is 5.99. The molecule has 0 amide bonds. The van der Waals surface area contributed by atoms with E-state index in [1.54, 1.807) is 0 Å². The minimum absolute atomic E-state index is 0.973. The number of likely N-dealkylation sites (N-methyl/N-ethyl adjacent to an activating group) is 1. The van der Waals surface area contributed by atoms with Crippen LogP contribution in [0.1, 0.15) is 41.2 Å². The van der Waals surface area contributed by atoms with Gasteiger partial charge >= 0.3 is 0 Å². The Morgan fingerprint density at radius 1 is 1.00 bits per heavy atom. The summed E-state index contributed by atoms with van der Waals surface area (Å²) in [6.07, 6.45) is 5.43. The van der Waals surface area contributed by atoms with Crippen molar-refractivity contribution in [1.29, 1.82) is 0 Å². The molecular formula is C24H28N2. The van der Waals surface area contributed by atoms with E-state index in [2.05, 4.69) is 95.2 Å². The van der Waals surface area contributed by atoms with Crippen molar-refractivity contribution in [2.75, 3.05) is 14.1 Å². The Morgan fingerprint density at radius 2 is 1.65 bits per heavy atom. The highest BCUT2D eigenvalue weighted by Crippen LogP contribution is 2.33. The Morgan fingerprint density at radius 3 is 2.31 bits per heavy atom. The van der Waals surface area contributed by atoms with Crippen molar-refractivity contribution in [2.24, 2.45) is 4.99 Å². The van der Waals surface area contributed by atoms with Crippen LogP contribution in [0, 0.1) is 20.8 Å². The van der Waals surface area contributed by atoms with Gasteiger partial charge in [-0.2, -0.15) is 0 Å². The minimum Gasteiger partial charge on any atom is -0.377 e. The van der Waals surface area contributed by atoms with Crippen LogP contribution in [0.5, 0.6) is 0 Å². The number of benzene rings is 2. The standard InChI is InChI=1S/C24H28N2/c1-16-14-17(2)24(18(3)15-16)25-19(4)20-10-7-8-11-21(20)22-12-9-13-23(22)26(5)6/h7-11,13-15H,12H2,1-6H3. The Hall–Kier alpha value is -2.61. The Kier molecular flexibility index (Phi) is 5.13. The fraction of sp³-hybridized carbons (Fsp3) is 0.292. The van der Waals surface area contributed by atoms with E-state index in [9.17, 15) is 0 Å². The third kappa shape index (κ3) is 3.50. The summed E-state index contributed by atoms with van der Waals surface area (Å²) >= 11 is 0. The zero-order chi connectivity index (χ0) is 18.8. The molecule has 0 N–H and O–H groups in total. The van der Waals surface area contributed by atoms with Crippen molar-refractivity contribution < 1.29 is 0 Å². The lowest BCUT2D eigenvalue weighted by molar-refractivity contribution is 0.533. The summed E-state index contributed by atoms with van der Waals surface area (Å²) in [5.41, 5.74) is 11.1. The largest absolute Gasteiger partial charge is 0.377 e. The third-order valence-electron chi connectivity index (χ3n) is 4.95.